The highest BCUT2D eigenvalue weighted by Gasteiger charge is 2.15. The largest absolute Gasteiger partial charge is 0.397 e. The molecule has 104 valence electrons. The van der Waals surface area contributed by atoms with Crippen LogP contribution in [0.4, 0.5) is 11.4 Å². The van der Waals surface area contributed by atoms with Crippen molar-refractivity contribution >= 4 is 22.3 Å². The number of hydrogen-bond donors (Lipinski definition) is 3. The van der Waals surface area contributed by atoms with E-state index in [2.05, 4.69) is 48.4 Å². The lowest BCUT2D eigenvalue weighted by atomic mass is 10.0. The Morgan fingerprint density at radius 2 is 2.11 bits per heavy atom. The molecule has 0 spiro atoms. The first-order valence-electron chi connectivity index (χ1n) is 6.61. The summed E-state index contributed by atoms with van der Waals surface area (Å²) in [6.45, 7) is 5.40. The summed E-state index contributed by atoms with van der Waals surface area (Å²) < 4.78 is 0. The number of benzene rings is 1. The topological polar surface area (TPSA) is 70.0 Å². The average Bonchev–Trinajstić information content (AvgIpc) is 2.74. The minimum atomic E-state index is 0.359. The summed E-state index contributed by atoms with van der Waals surface area (Å²) in [5.41, 5.74) is 8.84. The second kappa shape index (κ2) is 5.48. The van der Waals surface area contributed by atoms with Gasteiger partial charge in [-0.15, -0.1) is 0 Å². The van der Waals surface area contributed by atoms with Crippen molar-refractivity contribution in [3.63, 3.8) is 0 Å². The summed E-state index contributed by atoms with van der Waals surface area (Å²) in [5, 5.41) is 11.6. The molecule has 4 N–H and O–H groups in total. The Kier molecular flexibility index (Phi) is 3.95. The van der Waals surface area contributed by atoms with Gasteiger partial charge < -0.3 is 16.0 Å². The number of nitrogens with two attached hydrogens (primary N) is 1. The van der Waals surface area contributed by atoms with Gasteiger partial charge in [-0.3, -0.25) is 5.10 Å². The maximum atomic E-state index is 6.11. The zero-order valence-electron chi connectivity index (χ0n) is 12.1. The van der Waals surface area contributed by atoms with Gasteiger partial charge in [0.25, 0.3) is 0 Å². The normalized spacial score (nSPS) is 13.4. The van der Waals surface area contributed by atoms with E-state index in [1.807, 2.05) is 12.1 Å². The van der Waals surface area contributed by atoms with E-state index < -0.39 is 0 Å². The molecule has 1 unspecified atom stereocenters. The van der Waals surface area contributed by atoms with Crippen molar-refractivity contribution in [2.75, 3.05) is 31.7 Å². The fourth-order valence-electron chi connectivity index (χ4n) is 2.15. The van der Waals surface area contributed by atoms with Gasteiger partial charge in [-0.25, -0.2) is 0 Å². The number of hydrogen-bond acceptors (Lipinski definition) is 4. The molecular weight excluding hydrogens is 238 g/mol. The number of likely N-dealkylation sites (N-methyl/N-ethyl adjacent to an activating group) is 1. The molecule has 5 nitrogen and oxygen atoms in total. The van der Waals surface area contributed by atoms with Crippen molar-refractivity contribution < 1.29 is 0 Å². The summed E-state index contributed by atoms with van der Waals surface area (Å²) in [6, 6.07) is 4.34. The second-order valence-corrected chi connectivity index (χ2v) is 5.65. The number of aromatic nitrogens is 2. The van der Waals surface area contributed by atoms with Crippen LogP contribution in [0.15, 0.2) is 18.3 Å². The Hall–Kier alpha value is -1.75. The lowest BCUT2D eigenvalue weighted by molar-refractivity contribution is 0.344. The van der Waals surface area contributed by atoms with E-state index in [9.17, 15) is 0 Å². The molecule has 0 saturated carbocycles. The minimum absolute atomic E-state index is 0.359. The highest BCUT2D eigenvalue weighted by atomic mass is 15.1. The van der Waals surface area contributed by atoms with Gasteiger partial charge in [0.15, 0.2) is 0 Å². The first-order chi connectivity index (χ1) is 8.97. The van der Waals surface area contributed by atoms with E-state index in [4.69, 9.17) is 5.73 Å². The molecule has 0 aliphatic carbocycles. The Balaban J connectivity index is 2.24. The summed E-state index contributed by atoms with van der Waals surface area (Å²) >= 11 is 0. The van der Waals surface area contributed by atoms with Crippen LogP contribution in [0, 0.1) is 5.92 Å². The van der Waals surface area contributed by atoms with E-state index in [0.717, 1.165) is 28.8 Å². The molecule has 0 radical (unpaired) electrons. The number of anilines is 2. The van der Waals surface area contributed by atoms with Crippen molar-refractivity contribution in [3.8, 4) is 0 Å². The fourth-order valence-corrected chi connectivity index (χ4v) is 2.15. The molecule has 5 heteroatoms. The quantitative estimate of drug-likeness (QED) is 0.721. The molecule has 0 aliphatic rings. The van der Waals surface area contributed by atoms with Gasteiger partial charge in [-0.05, 0) is 32.1 Å². The molecule has 0 saturated heterocycles. The van der Waals surface area contributed by atoms with Crippen LogP contribution >= 0.6 is 0 Å². The van der Waals surface area contributed by atoms with E-state index in [1.54, 1.807) is 6.20 Å². The van der Waals surface area contributed by atoms with Crippen molar-refractivity contribution in [2.45, 2.75) is 19.9 Å². The average molecular weight is 261 g/mol. The number of rotatable bonds is 5. The van der Waals surface area contributed by atoms with E-state index in [0.29, 0.717) is 12.0 Å². The predicted octanol–water partition coefficient (Wildman–Crippen LogP) is 2.14. The molecule has 1 aromatic carbocycles. The zero-order chi connectivity index (χ0) is 14.0. The molecule has 1 atom stereocenters. The monoisotopic (exact) mass is 261 g/mol. The molecular formula is C14H23N5. The highest BCUT2D eigenvalue weighted by molar-refractivity contribution is 5.88. The number of fused-ring (bicyclic) bond motifs is 1. The van der Waals surface area contributed by atoms with Gasteiger partial charge in [-0.1, -0.05) is 13.8 Å². The lowest BCUT2D eigenvalue weighted by Gasteiger charge is -2.27. The number of nitrogen functional groups attached to an aromatic ring is 1. The van der Waals surface area contributed by atoms with Gasteiger partial charge in [0, 0.05) is 18.0 Å². The summed E-state index contributed by atoms with van der Waals surface area (Å²) in [7, 11) is 4.16. The third-order valence-corrected chi connectivity index (χ3v) is 3.32. The maximum Gasteiger partial charge on any atom is 0.0672 e. The Morgan fingerprint density at radius 3 is 2.74 bits per heavy atom. The third-order valence-electron chi connectivity index (χ3n) is 3.32. The Morgan fingerprint density at radius 1 is 1.37 bits per heavy atom. The number of aromatic amines is 1. The van der Waals surface area contributed by atoms with E-state index in [-0.39, 0.29) is 0 Å². The van der Waals surface area contributed by atoms with Crippen LogP contribution in [0.2, 0.25) is 0 Å². The molecule has 2 aromatic rings. The standard InChI is InChI=1S/C14H23N5/c1-9(2)14(8-19(3)4)17-13-6-12-10(5-11(13)15)7-16-18-12/h5-7,9,14,17H,8,15H2,1-4H3,(H,16,18). The van der Waals surface area contributed by atoms with Crippen molar-refractivity contribution in [3.05, 3.63) is 18.3 Å². The third kappa shape index (κ3) is 3.17. The second-order valence-electron chi connectivity index (χ2n) is 5.65. The predicted molar refractivity (Wildman–Crippen MR) is 81.3 cm³/mol. The molecule has 0 fully saturated rings. The number of nitrogens with one attached hydrogen (secondary N) is 2. The molecule has 2 rings (SSSR count). The first-order valence-corrected chi connectivity index (χ1v) is 6.61. The minimum Gasteiger partial charge on any atom is -0.397 e. The van der Waals surface area contributed by atoms with Crippen molar-refractivity contribution in [2.24, 2.45) is 5.92 Å². The smallest absolute Gasteiger partial charge is 0.0672 e. The van der Waals surface area contributed by atoms with Crippen molar-refractivity contribution in [1.82, 2.24) is 15.1 Å². The molecule has 0 aliphatic heterocycles. The van der Waals surface area contributed by atoms with Crippen LogP contribution in [0.1, 0.15) is 13.8 Å². The summed E-state index contributed by atoms with van der Waals surface area (Å²) in [4.78, 5) is 2.18. The van der Waals surface area contributed by atoms with Crippen LogP contribution in [0.3, 0.4) is 0 Å². The lowest BCUT2D eigenvalue weighted by Crippen LogP contribution is -2.36. The molecule has 0 amide bonds. The fraction of sp³-hybridized carbons (Fsp3) is 0.500. The zero-order valence-corrected chi connectivity index (χ0v) is 12.1. The van der Waals surface area contributed by atoms with Crippen LogP contribution in [-0.2, 0) is 0 Å². The highest BCUT2D eigenvalue weighted by Crippen LogP contribution is 2.26. The van der Waals surface area contributed by atoms with Crippen LogP contribution in [0.5, 0.6) is 0 Å². The van der Waals surface area contributed by atoms with E-state index >= 15 is 0 Å². The van der Waals surface area contributed by atoms with Gasteiger partial charge >= 0.3 is 0 Å². The molecule has 19 heavy (non-hydrogen) atoms. The van der Waals surface area contributed by atoms with Gasteiger partial charge in [0.2, 0.25) is 0 Å². The Labute approximate surface area is 114 Å². The van der Waals surface area contributed by atoms with Crippen LogP contribution in [-0.4, -0.2) is 41.8 Å². The maximum absolute atomic E-state index is 6.11. The number of H-pyrrole nitrogens is 1. The summed E-state index contributed by atoms with van der Waals surface area (Å²) in [6.07, 6.45) is 1.79. The van der Waals surface area contributed by atoms with Crippen molar-refractivity contribution in [1.29, 1.82) is 0 Å². The molecule has 0 bridgehead atoms. The van der Waals surface area contributed by atoms with Gasteiger partial charge in [0.1, 0.15) is 0 Å². The molecule has 1 aromatic heterocycles. The first kappa shape index (κ1) is 13.7. The SMILES string of the molecule is CC(C)C(CN(C)C)Nc1cc2[nH]ncc2cc1N. The summed E-state index contributed by atoms with van der Waals surface area (Å²) in [5.74, 6) is 0.527. The van der Waals surface area contributed by atoms with Gasteiger partial charge in [-0.2, -0.15) is 5.10 Å². The van der Waals surface area contributed by atoms with E-state index in [1.165, 1.54) is 0 Å². The van der Waals surface area contributed by atoms with Gasteiger partial charge in [0.05, 0.1) is 23.1 Å². The van der Waals surface area contributed by atoms with Crippen LogP contribution in [0.25, 0.3) is 10.9 Å². The Bertz CT molecular complexity index is 544. The van der Waals surface area contributed by atoms with Crippen LogP contribution < -0.4 is 11.1 Å². The number of nitrogens with zero attached hydrogens (tertiary/aromatic N) is 2. The molecule has 1 heterocycles.